The zero-order valence-electron chi connectivity index (χ0n) is 21.6. The summed E-state index contributed by atoms with van der Waals surface area (Å²) in [6.45, 7) is 6.60. The van der Waals surface area contributed by atoms with Crippen LogP contribution in [-0.2, 0) is 13.2 Å². The number of carbonyl (C=O) groups is 1. The van der Waals surface area contributed by atoms with Gasteiger partial charge in [-0.1, -0.05) is 91.0 Å². The van der Waals surface area contributed by atoms with Crippen LogP contribution in [0.1, 0.15) is 58.8 Å². The van der Waals surface area contributed by atoms with Gasteiger partial charge in [-0.05, 0) is 61.7 Å². The van der Waals surface area contributed by atoms with Crippen LogP contribution in [0.3, 0.4) is 0 Å². The molecule has 0 spiro atoms. The summed E-state index contributed by atoms with van der Waals surface area (Å²) >= 11 is 0. The van der Waals surface area contributed by atoms with Crippen LogP contribution in [0.4, 0.5) is 0 Å². The molecule has 0 aromatic heterocycles. The lowest BCUT2D eigenvalue weighted by Gasteiger charge is -2.29. The molecule has 4 aromatic rings. The van der Waals surface area contributed by atoms with Crippen molar-refractivity contribution in [2.45, 2.75) is 45.4 Å². The Balaban J connectivity index is 1.65. The standard InChI is InChI=1S/C33H35NO3/c1-25(2)34(23-26-12-6-3-7-13-26)21-20-30(28-16-10-5-11-17-28)31-22-29(33(35)36)18-19-32(31)37-24-27-14-8-4-9-15-27/h3-19,22,25,30H,20-21,23-24H2,1-2H3,(H,35,36). The van der Waals surface area contributed by atoms with Gasteiger partial charge in [-0.25, -0.2) is 4.79 Å². The Morgan fingerprint density at radius 2 is 1.41 bits per heavy atom. The Morgan fingerprint density at radius 3 is 2.00 bits per heavy atom. The summed E-state index contributed by atoms with van der Waals surface area (Å²) in [4.78, 5) is 14.4. The van der Waals surface area contributed by atoms with E-state index in [4.69, 9.17) is 4.74 Å². The number of carboxylic acids is 1. The van der Waals surface area contributed by atoms with Gasteiger partial charge in [0, 0.05) is 24.1 Å². The molecule has 0 saturated carbocycles. The molecule has 1 N–H and O–H groups in total. The molecule has 0 radical (unpaired) electrons. The number of hydrogen-bond donors (Lipinski definition) is 1. The first-order valence-corrected chi connectivity index (χ1v) is 12.9. The smallest absolute Gasteiger partial charge is 0.335 e. The summed E-state index contributed by atoms with van der Waals surface area (Å²) in [6.07, 6.45) is 0.833. The van der Waals surface area contributed by atoms with E-state index in [1.165, 1.54) is 5.56 Å². The van der Waals surface area contributed by atoms with Gasteiger partial charge in [0.2, 0.25) is 0 Å². The van der Waals surface area contributed by atoms with E-state index < -0.39 is 5.97 Å². The first-order chi connectivity index (χ1) is 18.0. The van der Waals surface area contributed by atoms with E-state index >= 15 is 0 Å². The van der Waals surface area contributed by atoms with Crippen molar-refractivity contribution in [1.82, 2.24) is 4.90 Å². The number of benzene rings is 4. The molecule has 190 valence electrons. The Labute approximate surface area is 220 Å². The summed E-state index contributed by atoms with van der Waals surface area (Å²) in [7, 11) is 0. The molecule has 4 aromatic carbocycles. The molecular formula is C33H35NO3. The minimum atomic E-state index is -0.935. The van der Waals surface area contributed by atoms with Crippen LogP contribution in [0.25, 0.3) is 0 Å². The van der Waals surface area contributed by atoms with E-state index in [9.17, 15) is 9.90 Å². The summed E-state index contributed by atoms with van der Waals surface area (Å²) in [5, 5.41) is 9.77. The van der Waals surface area contributed by atoms with E-state index in [1.807, 2.05) is 60.7 Å². The van der Waals surface area contributed by atoms with Crippen LogP contribution in [0.5, 0.6) is 5.75 Å². The molecule has 4 nitrogen and oxygen atoms in total. The first kappa shape index (κ1) is 26.2. The third-order valence-corrected chi connectivity index (χ3v) is 6.74. The van der Waals surface area contributed by atoms with E-state index in [0.29, 0.717) is 12.6 Å². The number of hydrogen-bond acceptors (Lipinski definition) is 3. The first-order valence-electron chi connectivity index (χ1n) is 12.9. The Hall–Kier alpha value is -3.89. The van der Waals surface area contributed by atoms with Gasteiger partial charge in [0.1, 0.15) is 12.4 Å². The number of aromatic carboxylic acids is 1. The van der Waals surface area contributed by atoms with Crippen LogP contribution in [0.15, 0.2) is 109 Å². The van der Waals surface area contributed by atoms with Crippen LogP contribution < -0.4 is 4.74 Å². The molecule has 0 amide bonds. The van der Waals surface area contributed by atoms with Gasteiger partial charge >= 0.3 is 5.97 Å². The minimum Gasteiger partial charge on any atom is -0.489 e. The van der Waals surface area contributed by atoms with Crippen LogP contribution in [-0.4, -0.2) is 28.6 Å². The Morgan fingerprint density at radius 1 is 0.811 bits per heavy atom. The molecule has 1 atom stereocenters. The molecule has 0 aliphatic heterocycles. The largest absolute Gasteiger partial charge is 0.489 e. The summed E-state index contributed by atoms with van der Waals surface area (Å²) < 4.78 is 6.30. The van der Waals surface area contributed by atoms with Crippen molar-refractivity contribution in [2.75, 3.05) is 6.54 Å². The normalized spacial score (nSPS) is 12.0. The van der Waals surface area contributed by atoms with Gasteiger partial charge in [0.25, 0.3) is 0 Å². The fourth-order valence-corrected chi connectivity index (χ4v) is 4.64. The maximum Gasteiger partial charge on any atom is 0.335 e. The van der Waals surface area contributed by atoms with Crippen molar-refractivity contribution in [3.63, 3.8) is 0 Å². The lowest BCUT2D eigenvalue weighted by Crippen LogP contribution is -2.32. The Bertz CT molecular complexity index is 1260. The summed E-state index contributed by atoms with van der Waals surface area (Å²) in [5.74, 6) is -0.222. The monoisotopic (exact) mass is 493 g/mol. The molecule has 0 bridgehead atoms. The fraction of sp³-hybridized carbons (Fsp3) is 0.242. The van der Waals surface area contributed by atoms with Gasteiger partial charge in [0.15, 0.2) is 0 Å². The molecule has 0 saturated heterocycles. The van der Waals surface area contributed by atoms with E-state index in [1.54, 1.807) is 12.1 Å². The summed E-state index contributed by atoms with van der Waals surface area (Å²) in [6, 6.07) is 36.5. The molecule has 4 rings (SSSR count). The molecule has 4 heteroatoms. The van der Waals surface area contributed by atoms with Crippen molar-refractivity contribution < 1.29 is 14.6 Å². The molecule has 0 heterocycles. The highest BCUT2D eigenvalue weighted by Crippen LogP contribution is 2.36. The highest BCUT2D eigenvalue weighted by molar-refractivity contribution is 5.88. The predicted octanol–water partition coefficient (Wildman–Crippen LogP) is 7.40. The average Bonchev–Trinajstić information content (AvgIpc) is 2.93. The SMILES string of the molecule is CC(C)N(CCC(c1ccccc1)c1cc(C(=O)O)ccc1OCc1ccccc1)Cc1ccccc1. The maximum atomic E-state index is 11.9. The zero-order chi connectivity index (χ0) is 26.0. The number of rotatable bonds is 12. The molecule has 0 aliphatic rings. The van der Waals surface area contributed by atoms with Gasteiger partial charge in [-0.3, -0.25) is 4.90 Å². The van der Waals surface area contributed by atoms with Crippen molar-refractivity contribution in [3.8, 4) is 5.75 Å². The van der Waals surface area contributed by atoms with Crippen molar-refractivity contribution in [3.05, 3.63) is 137 Å². The third-order valence-electron chi connectivity index (χ3n) is 6.74. The Kier molecular flexibility index (Phi) is 9.12. The average molecular weight is 494 g/mol. The molecular weight excluding hydrogens is 458 g/mol. The van der Waals surface area contributed by atoms with Crippen LogP contribution in [0, 0.1) is 0 Å². The fourth-order valence-electron chi connectivity index (χ4n) is 4.64. The van der Waals surface area contributed by atoms with E-state index in [0.717, 1.165) is 42.0 Å². The second-order valence-corrected chi connectivity index (χ2v) is 9.63. The lowest BCUT2D eigenvalue weighted by molar-refractivity contribution is 0.0696. The minimum absolute atomic E-state index is 0.0108. The quantitative estimate of drug-likeness (QED) is 0.223. The highest BCUT2D eigenvalue weighted by Gasteiger charge is 2.22. The van der Waals surface area contributed by atoms with Crippen molar-refractivity contribution in [1.29, 1.82) is 0 Å². The zero-order valence-corrected chi connectivity index (χ0v) is 21.6. The number of carboxylic acid groups (broad SMARTS) is 1. The van der Waals surface area contributed by atoms with Crippen LogP contribution >= 0.6 is 0 Å². The van der Waals surface area contributed by atoms with Gasteiger partial charge < -0.3 is 9.84 Å². The molecule has 0 aliphatic carbocycles. The number of ether oxygens (including phenoxy) is 1. The lowest BCUT2D eigenvalue weighted by atomic mass is 9.86. The maximum absolute atomic E-state index is 11.9. The second kappa shape index (κ2) is 12.9. The van der Waals surface area contributed by atoms with Crippen molar-refractivity contribution >= 4 is 5.97 Å². The third kappa shape index (κ3) is 7.31. The number of nitrogens with zero attached hydrogens (tertiary/aromatic N) is 1. The predicted molar refractivity (Wildman–Crippen MR) is 149 cm³/mol. The molecule has 0 fully saturated rings. The topological polar surface area (TPSA) is 49.8 Å². The molecule has 1 unspecified atom stereocenters. The van der Waals surface area contributed by atoms with Crippen molar-refractivity contribution in [2.24, 2.45) is 0 Å². The van der Waals surface area contributed by atoms with Gasteiger partial charge in [0.05, 0.1) is 5.56 Å². The van der Waals surface area contributed by atoms with Gasteiger partial charge in [-0.2, -0.15) is 0 Å². The highest BCUT2D eigenvalue weighted by atomic mass is 16.5. The summed E-state index contributed by atoms with van der Waals surface area (Å²) in [5.41, 5.74) is 4.68. The van der Waals surface area contributed by atoms with E-state index in [2.05, 4.69) is 55.1 Å². The second-order valence-electron chi connectivity index (χ2n) is 9.63. The molecule has 37 heavy (non-hydrogen) atoms. The van der Waals surface area contributed by atoms with Crippen LogP contribution in [0.2, 0.25) is 0 Å². The van der Waals surface area contributed by atoms with Gasteiger partial charge in [-0.15, -0.1) is 0 Å². The van der Waals surface area contributed by atoms with E-state index in [-0.39, 0.29) is 11.5 Å².